The van der Waals surface area contributed by atoms with Gasteiger partial charge >= 0.3 is 0 Å². The van der Waals surface area contributed by atoms with Crippen molar-refractivity contribution in [2.75, 3.05) is 7.05 Å². The SMILES string of the molecule is C[C@H]1NC(=O)C(C2CC2)N(C)C(=O)[C@H](C)[C@H](O)[C@H](Cc2cccnc2)NC(=O)[C@H]1NC(=O)c1ncccc1O. The maximum atomic E-state index is 13.6. The van der Waals surface area contributed by atoms with E-state index in [-0.39, 0.29) is 23.8 Å². The zero-order valence-corrected chi connectivity index (χ0v) is 22.1. The molecule has 1 saturated carbocycles. The quantitative estimate of drug-likeness (QED) is 0.347. The van der Waals surface area contributed by atoms with E-state index in [4.69, 9.17) is 0 Å². The molecule has 208 valence electrons. The lowest BCUT2D eigenvalue weighted by atomic mass is 9.91. The van der Waals surface area contributed by atoms with E-state index in [0.29, 0.717) is 0 Å². The molecule has 2 fully saturated rings. The fourth-order valence-electron chi connectivity index (χ4n) is 4.97. The van der Waals surface area contributed by atoms with Crippen LogP contribution in [0.2, 0.25) is 0 Å². The maximum absolute atomic E-state index is 13.6. The van der Waals surface area contributed by atoms with Crippen molar-refractivity contribution < 1.29 is 29.4 Å². The predicted molar refractivity (Wildman–Crippen MR) is 139 cm³/mol. The Labute approximate surface area is 226 Å². The van der Waals surface area contributed by atoms with Crippen molar-refractivity contribution in [1.82, 2.24) is 30.8 Å². The number of nitrogens with zero attached hydrogens (tertiary/aromatic N) is 3. The van der Waals surface area contributed by atoms with Crippen LogP contribution in [-0.4, -0.2) is 86.0 Å². The Kier molecular flexibility index (Phi) is 8.44. The smallest absolute Gasteiger partial charge is 0.274 e. The zero-order chi connectivity index (χ0) is 28.3. The molecule has 12 heteroatoms. The molecule has 6 atom stereocenters. The molecule has 2 aliphatic rings. The molecule has 4 rings (SSSR count). The van der Waals surface area contributed by atoms with Crippen LogP contribution in [0.5, 0.6) is 5.75 Å². The van der Waals surface area contributed by atoms with Crippen LogP contribution < -0.4 is 16.0 Å². The summed E-state index contributed by atoms with van der Waals surface area (Å²) in [5.41, 5.74) is 0.440. The van der Waals surface area contributed by atoms with Gasteiger partial charge in [-0.05, 0) is 55.9 Å². The summed E-state index contributed by atoms with van der Waals surface area (Å²) < 4.78 is 0. The average Bonchev–Trinajstić information content (AvgIpc) is 3.75. The minimum absolute atomic E-state index is 0.0445. The lowest BCUT2D eigenvalue weighted by molar-refractivity contribution is -0.147. The van der Waals surface area contributed by atoms with Gasteiger partial charge in [-0.1, -0.05) is 13.0 Å². The second-order valence-corrected chi connectivity index (χ2v) is 10.3. The van der Waals surface area contributed by atoms with Gasteiger partial charge in [0.15, 0.2) is 5.69 Å². The van der Waals surface area contributed by atoms with Gasteiger partial charge < -0.3 is 31.1 Å². The Bertz CT molecular complexity index is 1220. The number of carbonyl (C=O) groups is 4. The number of carbonyl (C=O) groups excluding carboxylic acids is 4. The lowest BCUT2D eigenvalue weighted by Gasteiger charge is -2.37. The molecule has 1 aliphatic heterocycles. The van der Waals surface area contributed by atoms with Gasteiger partial charge in [-0.25, -0.2) is 4.98 Å². The van der Waals surface area contributed by atoms with Crippen molar-refractivity contribution in [3.63, 3.8) is 0 Å². The van der Waals surface area contributed by atoms with Crippen molar-refractivity contribution in [1.29, 1.82) is 0 Å². The second kappa shape index (κ2) is 11.8. The monoisotopic (exact) mass is 538 g/mol. The number of hydrogen-bond acceptors (Lipinski definition) is 8. The summed E-state index contributed by atoms with van der Waals surface area (Å²) in [5, 5.41) is 29.6. The Morgan fingerprint density at radius 1 is 1.10 bits per heavy atom. The first-order chi connectivity index (χ1) is 18.6. The molecule has 2 aromatic rings. The van der Waals surface area contributed by atoms with Gasteiger partial charge in [0.2, 0.25) is 17.7 Å². The van der Waals surface area contributed by atoms with Gasteiger partial charge in [0.1, 0.15) is 17.8 Å². The van der Waals surface area contributed by atoms with Crippen LogP contribution in [0.15, 0.2) is 42.9 Å². The number of amides is 4. The number of aliphatic hydroxyl groups excluding tert-OH is 1. The highest BCUT2D eigenvalue weighted by Crippen LogP contribution is 2.36. The van der Waals surface area contributed by atoms with E-state index in [0.717, 1.165) is 18.4 Å². The molecule has 0 bridgehead atoms. The highest BCUT2D eigenvalue weighted by molar-refractivity contribution is 5.98. The second-order valence-electron chi connectivity index (χ2n) is 10.3. The Balaban J connectivity index is 1.70. The van der Waals surface area contributed by atoms with Gasteiger partial charge in [0, 0.05) is 25.6 Å². The number of aromatic hydroxyl groups is 1. The average molecular weight is 539 g/mol. The van der Waals surface area contributed by atoms with E-state index in [1.54, 1.807) is 45.4 Å². The van der Waals surface area contributed by atoms with E-state index in [1.165, 1.54) is 23.2 Å². The van der Waals surface area contributed by atoms with Gasteiger partial charge in [0.25, 0.3) is 5.91 Å². The fourth-order valence-corrected chi connectivity index (χ4v) is 4.97. The largest absolute Gasteiger partial charge is 0.505 e. The summed E-state index contributed by atoms with van der Waals surface area (Å²) in [7, 11) is 1.54. The highest BCUT2D eigenvalue weighted by Gasteiger charge is 2.45. The minimum atomic E-state index is -1.31. The zero-order valence-electron chi connectivity index (χ0n) is 22.1. The predicted octanol–water partition coefficient (Wildman–Crippen LogP) is -0.240. The van der Waals surface area contributed by atoms with E-state index in [1.807, 2.05) is 0 Å². The summed E-state index contributed by atoms with van der Waals surface area (Å²) in [5.74, 6) is -3.72. The van der Waals surface area contributed by atoms with E-state index < -0.39 is 59.8 Å². The Hall–Kier alpha value is -4.06. The van der Waals surface area contributed by atoms with E-state index in [9.17, 15) is 29.4 Å². The van der Waals surface area contributed by atoms with Crippen LogP contribution in [0.4, 0.5) is 0 Å². The molecule has 1 saturated heterocycles. The van der Waals surface area contributed by atoms with Crippen LogP contribution in [0.3, 0.4) is 0 Å². The third kappa shape index (κ3) is 6.33. The van der Waals surface area contributed by atoms with Gasteiger partial charge in [-0.2, -0.15) is 0 Å². The molecule has 0 radical (unpaired) electrons. The third-order valence-electron chi connectivity index (χ3n) is 7.36. The molecule has 4 amide bonds. The fraction of sp³-hybridized carbons (Fsp3) is 0.481. The Morgan fingerprint density at radius 2 is 1.82 bits per heavy atom. The number of nitrogens with one attached hydrogen (secondary N) is 3. The van der Waals surface area contributed by atoms with Gasteiger partial charge in [-0.15, -0.1) is 0 Å². The first-order valence-corrected chi connectivity index (χ1v) is 13.0. The van der Waals surface area contributed by atoms with E-state index >= 15 is 0 Å². The van der Waals surface area contributed by atoms with Crippen molar-refractivity contribution in [3.8, 4) is 5.75 Å². The van der Waals surface area contributed by atoms with Gasteiger partial charge in [0.05, 0.1) is 24.1 Å². The molecule has 3 heterocycles. The van der Waals surface area contributed by atoms with Crippen molar-refractivity contribution in [2.24, 2.45) is 11.8 Å². The Morgan fingerprint density at radius 3 is 2.46 bits per heavy atom. The van der Waals surface area contributed by atoms with E-state index in [2.05, 4.69) is 25.9 Å². The first-order valence-electron chi connectivity index (χ1n) is 13.0. The molecule has 0 spiro atoms. The highest BCUT2D eigenvalue weighted by atomic mass is 16.3. The number of aliphatic hydroxyl groups is 1. The molecular weight excluding hydrogens is 504 g/mol. The molecular formula is C27H34N6O6. The number of pyridine rings is 2. The number of aromatic nitrogens is 2. The van der Waals surface area contributed by atoms with Crippen LogP contribution in [0.1, 0.15) is 42.7 Å². The summed E-state index contributed by atoms with van der Waals surface area (Å²) >= 11 is 0. The third-order valence-corrected chi connectivity index (χ3v) is 7.36. The summed E-state index contributed by atoms with van der Waals surface area (Å²) in [4.78, 5) is 62.8. The van der Waals surface area contributed by atoms with Crippen molar-refractivity contribution in [3.05, 3.63) is 54.1 Å². The number of hydrogen-bond donors (Lipinski definition) is 5. The molecule has 2 aromatic heterocycles. The molecule has 0 aromatic carbocycles. The first kappa shape index (κ1) is 28.0. The van der Waals surface area contributed by atoms with Crippen molar-refractivity contribution >= 4 is 23.6 Å². The van der Waals surface area contributed by atoms with Crippen LogP contribution in [0, 0.1) is 11.8 Å². The minimum Gasteiger partial charge on any atom is -0.505 e. The lowest BCUT2D eigenvalue weighted by Crippen LogP contribution is -2.64. The van der Waals surface area contributed by atoms with Crippen LogP contribution in [0.25, 0.3) is 0 Å². The summed E-state index contributed by atoms with van der Waals surface area (Å²) in [6, 6.07) is 2.36. The van der Waals surface area contributed by atoms with Crippen LogP contribution >= 0.6 is 0 Å². The molecule has 5 N–H and O–H groups in total. The normalized spacial score (nSPS) is 28.5. The van der Waals surface area contributed by atoms with Gasteiger partial charge in [-0.3, -0.25) is 24.2 Å². The standard InChI is InChI=1S/C27H34N6O6/c1-14-23(35)18(12-16-6-4-10-28-13-16)31-24(36)20(32-25(37)21-19(34)7-5-11-29-21)15(2)30-26(38)22(17-8-9-17)33(3)27(14)39/h4-7,10-11,13-15,17-18,20,22-23,34-35H,8-9,12H2,1-3H3,(H,30,38)(H,31,36)(H,32,37)/t14-,15-,18+,20+,22?,23+/m1/s1. The molecule has 12 nitrogen and oxygen atoms in total. The topological polar surface area (TPSA) is 174 Å². The number of rotatable bonds is 5. The van der Waals surface area contributed by atoms with Crippen LogP contribution in [-0.2, 0) is 20.8 Å². The van der Waals surface area contributed by atoms with Crippen molar-refractivity contribution in [2.45, 2.75) is 63.4 Å². The molecule has 1 unspecified atom stereocenters. The molecule has 1 aliphatic carbocycles. The number of likely N-dealkylation sites (N-methyl/N-ethyl adjacent to an activating group) is 1. The summed E-state index contributed by atoms with van der Waals surface area (Å²) in [6.07, 6.45) is 4.92. The maximum Gasteiger partial charge on any atom is 0.274 e. The summed E-state index contributed by atoms with van der Waals surface area (Å²) in [6.45, 7) is 3.12. The molecule has 39 heavy (non-hydrogen) atoms.